The second-order valence-corrected chi connectivity index (χ2v) is 12.7. The molecule has 226 valence electrons. The Morgan fingerprint density at radius 3 is 1.14 bits per heavy atom. The van der Waals surface area contributed by atoms with Crippen LogP contribution in [-0.4, -0.2) is 55.6 Å². The molecule has 4 aromatic carbocycles. The van der Waals surface area contributed by atoms with Crippen LogP contribution in [0.25, 0.3) is 0 Å². The minimum absolute atomic E-state index is 0.0378. The molecule has 15 heteroatoms. The number of sulfone groups is 2. The molecule has 5 rings (SSSR count). The van der Waals surface area contributed by atoms with E-state index in [0.717, 1.165) is 6.33 Å². The third-order valence-corrected chi connectivity index (χ3v) is 9.49. The van der Waals surface area contributed by atoms with Crippen LogP contribution in [0.5, 0.6) is 35.0 Å². The lowest BCUT2D eigenvalue weighted by molar-refractivity contribution is 0.0959. The Kier molecular flexibility index (Phi) is 8.78. The van der Waals surface area contributed by atoms with Crippen molar-refractivity contribution < 1.29 is 46.0 Å². The topological polar surface area (TPSA) is 184 Å². The van der Waals surface area contributed by atoms with E-state index in [1.165, 1.54) is 97.1 Å². The largest absolute Gasteiger partial charge is 0.508 e. The molecule has 0 aliphatic carbocycles. The molecule has 0 spiro atoms. The molecule has 1 heterocycles. The number of ether oxygens (including phenoxy) is 4. The lowest BCUT2D eigenvalue weighted by Crippen LogP contribution is -2.11. The molecule has 44 heavy (non-hydrogen) atoms. The first-order valence-corrected chi connectivity index (χ1v) is 15.6. The number of aromatic hydroxyl groups is 2. The van der Waals surface area contributed by atoms with Crippen LogP contribution in [0.2, 0.25) is 0 Å². The molecule has 0 atom stereocenters. The van der Waals surface area contributed by atoms with Crippen molar-refractivity contribution in [2.24, 2.45) is 0 Å². The predicted molar refractivity (Wildman–Crippen MR) is 152 cm³/mol. The molecule has 0 bridgehead atoms. The summed E-state index contributed by atoms with van der Waals surface area (Å²) in [5, 5.41) is 18.8. The Hall–Kier alpha value is -5.41. The van der Waals surface area contributed by atoms with Gasteiger partial charge < -0.3 is 29.2 Å². The molecule has 5 aromatic rings. The van der Waals surface area contributed by atoms with E-state index in [1.54, 1.807) is 0 Å². The van der Waals surface area contributed by atoms with Gasteiger partial charge in [-0.15, -0.1) is 4.98 Å². The molecule has 0 saturated heterocycles. The monoisotopic (exact) mass is 637 g/mol. The van der Waals surface area contributed by atoms with Gasteiger partial charge in [-0.3, -0.25) is 0 Å². The molecule has 13 nitrogen and oxygen atoms in total. The van der Waals surface area contributed by atoms with Crippen molar-refractivity contribution >= 4 is 19.7 Å². The van der Waals surface area contributed by atoms with E-state index in [0.29, 0.717) is 11.5 Å². The average molecular weight is 638 g/mol. The van der Waals surface area contributed by atoms with Crippen LogP contribution in [0.3, 0.4) is 0 Å². The summed E-state index contributed by atoms with van der Waals surface area (Å²) in [6.45, 7) is -0.604. The molecule has 2 N–H and O–H groups in total. The SMILES string of the molecule is O=S(=O)(c1ccc(O)cc1)c1ccc(OCOc2ncnc(OCOc3ccc(S(=O)(=O)c4ccc(O)cc4)cc3)n2)cc1. The van der Waals surface area contributed by atoms with Crippen molar-refractivity contribution in [2.75, 3.05) is 13.6 Å². The number of aromatic nitrogens is 3. The number of hydrogen-bond acceptors (Lipinski definition) is 13. The molecule has 0 amide bonds. The fraction of sp³-hybridized carbons (Fsp3) is 0.0690. The van der Waals surface area contributed by atoms with Gasteiger partial charge in [0.25, 0.3) is 0 Å². The minimum atomic E-state index is -3.77. The number of phenolic OH excluding ortho intramolecular Hbond substituents is 2. The summed E-state index contributed by atoms with van der Waals surface area (Å²) in [7, 11) is -7.53. The maximum absolute atomic E-state index is 12.7. The minimum Gasteiger partial charge on any atom is -0.508 e. The zero-order chi connectivity index (χ0) is 31.2. The van der Waals surface area contributed by atoms with Crippen molar-refractivity contribution in [3.8, 4) is 35.0 Å². The number of nitrogens with zero attached hydrogens (tertiary/aromatic N) is 3. The molecule has 0 aliphatic heterocycles. The molecule has 0 unspecified atom stereocenters. The van der Waals surface area contributed by atoms with E-state index in [-0.39, 0.29) is 56.7 Å². The van der Waals surface area contributed by atoms with Crippen molar-refractivity contribution in [3.63, 3.8) is 0 Å². The smallest absolute Gasteiger partial charge is 0.325 e. The van der Waals surface area contributed by atoms with E-state index < -0.39 is 19.7 Å². The fourth-order valence-corrected chi connectivity index (χ4v) is 6.18. The highest BCUT2D eigenvalue weighted by Crippen LogP contribution is 2.26. The number of rotatable bonds is 12. The van der Waals surface area contributed by atoms with E-state index >= 15 is 0 Å². The molecule has 1 aromatic heterocycles. The summed E-state index contributed by atoms with van der Waals surface area (Å²) in [6.07, 6.45) is 1.16. The average Bonchev–Trinajstić information content (AvgIpc) is 3.02. The van der Waals surface area contributed by atoms with Crippen LogP contribution in [0.4, 0.5) is 0 Å². The van der Waals surface area contributed by atoms with E-state index in [1.807, 2.05) is 0 Å². The van der Waals surface area contributed by atoms with Gasteiger partial charge in [-0.25, -0.2) is 16.8 Å². The van der Waals surface area contributed by atoms with Crippen molar-refractivity contribution in [3.05, 3.63) is 103 Å². The Morgan fingerprint density at radius 1 is 0.477 bits per heavy atom. The summed E-state index contributed by atoms with van der Waals surface area (Å²) in [6, 6.07) is 21.6. The van der Waals surface area contributed by atoms with Crippen molar-refractivity contribution in [2.45, 2.75) is 19.6 Å². The number of benzene rings is 4. The lowest BCUT2D eigenvalue weighted by atomic mass is 10.3. The van der Waals surface area contributed by atoms with Gasteiger partial charge in [0.2, 0.25) is 33.3 Å². The van der Waals surface area contributed by atoms with Crippen LogP contribution in [-0.2, 0) is 19.7 Å². The second-order valence-electron chi connectivity index (χ2n) is 8.80. The standard InChI is InChI=1S/C29H23N3O10S2/c33-20-1-9-24(10-2-20)43(35,36)26-13-5-22(6-14-26)39-18-41-28-30-17-31-29(32-28)42-19-40-23-7-15-27(16-8-23)44(37,38)25-11-3-21(34)4-12-25/h1-17,33-34H,18-19H2. The third-order valence-electron chi connectivity index (χ3n) is 5.92. The number of hydrogen-bond donors (Lipinski definition) is 2. The van der Waals surface area contributed by atoms with Crippen molar-refractivity contribution in [1.29, 1.82) is 0 Å². The molecular weight excluding hydrogens is 614 g/mol. The van der Waals surface area contributed by atoms with Gasteiger partial charge in [0.05, 0.1) is 19.6 Å². The molecule has 0 radical (unpaired) electrons. The summed E-state index contributed by atoms with van der Waals surface area (Å²) in [5.74, 6) is 0.583. The predicted octanol–water partition coefficient (Wildman–Crippen LogP) is 3.78. The van der Waals surface area contributed by atoms with Gasteiger partial charge in [0.1, 0.15) is 29.3 Å². The molecule has 0 saturated carbocycles. The first kappa shape index (κ1) is 30.1. The quantitative estimate of drug-likeness (QED) is 0.189. The van der Waals surface area contributed by atoms with Crippen LogP contribution >= 0.6 is 0 Å². The first-order valence-electron chi connectivity index (χ1n) is 12.6. The molecular formula is C29H23N3O10S2. The second kappa shape index (κ2) is 12.8. The van der Waals surface area contributed by atoms with E-state index in [2.05, 4.69) is 15.0 Å². The summed E-state index contributed by atoms with van der Waals surface area (Å²) >= 11 is 0. The van der Waals surface area contributed by atoms with Gasteiger partial charge >= 0.3 is 12.0 Å². The molecule has 0 aliphatic rings. The summed E-state index contributed by atoms with van der Waals surface area (Å²) < 4.78 is 72.6. The number of phenols is 2. The fourth-order valence-electron chi connectivity index (χ4n) is 3.66. The van der Waals surface area contributed by atoms with Crippen LogP contribution in [0.15, 0.2) is 123 Å². The van der Waals surface area contributed by atoms with E-state index in [4.69, 9.17) is 18.9 Å². The van der Waals surface area contributed by atoms with Gasteiger partial charge in [0.15, 0.2) is 0 Å². The molecule has 0 fully saturated rings. The summed E-state index contributed by atoms with van der Waals surface area (Å²) in [5.41, 5.74) is 0. The third kappa shape index (κ3) is 7.14. The summed E-state index contributed by atoms with van der Waals surface area (Å²) in [4.78, 5) is 11.9. The Labute approximate surface area is 251 Å². The van der Waals surface area contributed by atoms with Crippen LogP contribution in [0, 0.1) is 0 Å². The normalized spacial score (nSPS) is 11.5. The van der Waals surface area contributed by atoms with Crippen molar-refractivity contribution in [1.82, 2.24) is 15.0 Å². The highest BCUT2D eigenvalue weighted by atomic mass is 32.2. The highest BCUT2D eigenvalue weighted by Gasteiger charge is 2.19. The van der Waals surface area contributed by atoms with Crippen LogP contribution in [0.1, 0.15) is 0 Å². The van der Waals surface area contributed by atoms with Gasteiger partial charge in [-0.05, 0) is 97.1 Å². The first-order chi connectivity index (χ1) is 21.1. The lowest BCUT2D eigenvalue weighted by Gasteiger charge is -2.10. The zero-order valence-electron chi connectivity index (χ0n) is 22.5. The van der Waals surface area contributed by atoms with Gasteiger partial charge in [0, 0.05) is 0 Å². The maximum Gasteiger partial charge on any atom is 0.325 e. The Bertz CT molecular complexity index is 1800. The van der Waals surface area contributed by atoms with Crippen LogP contribution < -0.4 is 18.9 Å². The zero-order valence-corrected chi connectivity index (χ0v) is 24.2. The van der Waals surface area contributed by atoms with Gasteiger partial charge in [-0.2, -0.15) is 9.97 Å². The van der Waals surface area contributed by atoms with Gasteiger partial charge in [-0.1, -0.05) is 0 Å². The highest BCUT2D eigenvalue weighted by molar-refractivity contribution is 7.91. The maximum atomic E-state index is 12.7. The Balaban J connectivity index is 1.09. The Morgan fingerprint density at radius 2 is 0.795 bits per heavy atom. The van der Waals surface area contributed by atoms with E-state index in [9.17, 15) is 27.0 Å².